The topological polar surface area (TPSA) is 20.2 Å². The molecule has 0 aliphatic heterocycles. The second-order valence-corrected chi connectivity index (χ2v) is 4.91. The molecule has 0 aliphatic rings. The number of hydrogen-bond donors (Lipinski definition) is 1. The van der Waals surface area contributed by atoms with Crippen LogP contribution in [-0.4, -0.2) is 5.11 Å². The van der Waals surface area contributed by atoms with Crippen LogP contribution in [0, 0.1) is 17.0 Å². The van der Waals surface area contributed by atoms with Crippen molar-refractivity contribution in [1.82, 2.24) is 0 Å². The molecule has 0 heterocycles. The van der Waals surface area contributed by atoms with Crippen LogP contribution in [0.4, 0.5) is 8.78 Å². The number of rotatable bonds is 1. The van der Waals surface area contributed by atoms with Crippen LogP contribution in [0.3, 0.4) is 0 Å². The first-order valence-corrected chi connectivity index (χ1v) is 4.91. The second-order valence-electron chi connectivity index (χ2n) is 4.91. The summed E-state index contributed by atoms with van der Waals surface area (Å²) in [5.41, 5.74) is 0.164. The van der Waals surface area contributed by atoms with Gasteiger partial charge in [-0.05, 0) is 17.4 Å². The molecule has 0 saturated carbocycles. The van der Waals surface area contributed by atoms with Crippen LogP contribution in [0.5, 0.6) is 5.75 Å². The van der Waals surface area contributed by atoms with Gasteiger partial charge in [0.15, 0.2) is 11.6 Å². The largest absolute Gasteiger partial charge is 0.505 e. The molecule has 3 heteroatoms. The van der Waals surface area contributed by atoms with Gasteiger partial charge >= 0.3 is 0 Å². The van der Waals surface area contributed by atoms with Crippen molar-refractivity contribution in [3.05, 3.63) is 29.3 Å². The van der Waals surface area contributed by atoms with E-state index in [9.17, 15) is 13.9 Å². The highest BCUT2D eigenvalue weighted by atomic mass is 19.1. The summed E-state index contributed by atoms with van der Waals surface area (Å²) in [5, 5.41) is 9.51. The van der Waals surface area contributed by atoms with Crippen LogP contribution in [-0.2, 0) is 0 Å². The highest BCUT2D eigenvalue weighted by molar-refractivity contribution is 5.37. The van der Waals surface area contributed by atoms with Gasteiger partial charge in [0, 0.05) is 11.6 Å². The fourth-order valence-corrected chi connectivity index (χ4v) is 1.38. The van der Waals surface area contributed by atoms with Crippen molar-refractivity contribution >= 4 is 0 Å². The van der Waals surface area contributed by atoms with Crippen molar-refractivity contribution in [3.63, 3.8) is 0 Å². The molecular weight excluding hydrogens is 198 g/mol. The van der Waals surface area contributed by atoms with Gasteiger partial charge in [-0.1, -0.05) is 27.7 Å². The van der Waals surface area contributed by atoms with Crippen LogP contribution in [0.25, 0.3) is 0 Å². The summed E-state index contributed by atoms with van der Waals surface area (Å²) in [6, 6.07) is 1.88. The minimum Gasteiger partial charge on any atom is -0.505 e. The number of phenols is 1. The molecule has 0 amide bonds. The quantitative estimate of drug-likeness (QED) is 0.753. The molecule has 0 radical (unpaired) electrons. The summed E-state index contributed by atoms with van der Waals surface area (Å²) >= 11 is 0. The molecule has 1 atom stereocenters. The summed E-state index contributed by atoms with van der Waals surface area (Å²) in [6.45, 7) is 7.72. The second kappa shape index (κ2) is 3.80. The first-order valence-electron chi connectivity index (χ1n) is 4.91. The van der Waals surface area contributed by atoms with Crippen LogP contribution in [0.1, 0.15) is 39.2 Å². The zero-order chi connectivity index (χ0) is 11.8. The number of phenolic OH excluding ortho intramolecular Hbond substituents is 1. The van der Waals surface area contributed by atoms with Gasteiger partial charge in [-0.3, -0.25) is 0 Å². The average Bonchev–Trinajstić information content (AvgIpc) is 2.08. The summed E-state index contributed by atoms with van der Waals surface area (Å²) < 4.78 is 26.1. The predicted octanol–water partition coefficient (Wildman–Crippen LogP) is 3.82. The van der Waals surface area contributed by atoms with E-state index in [4.69, 9.17) is 0 Å². The maximum Gasteiger partial charge on any atom is 0.168 e. The van der Waals surface area contributed by atoms with Crippen molar-refractivity contribution in [2.75, 3.05) is 0 Å². The van der Waals surface area contributed by atoms with E-state index in [1.165, 1.54) is 6.07 Å². The Bertz CT molecular complexity index is 367. The fourth-order valence-electron chi connectivity index (χ4n) is 1.38. The minimum absolute atomic E-state index is 0.123. The number of halogens is 2. The van der Waals surface area contributed by atoms with Crippen molar-refractivity contribution < 1.29 is 13.9 Å². The molecule has 15 heavy (non-hydrogen) atoms. The third-order valence-electron chi connectivity index (χ3n) is 2.82. The van der Waals surface area contributed by atoms with Gasteiger partial charge < -0.3 is 5.11 Å². The third kappa shape index (κ3) is 2.46. The van der Waals surface area contributed by atoms with E-state index < -0.39 is 17.4 Å². The van der Waals surface area contributed by atoms with Crippen LogP contribution < -0.4 is 0 Å². The lowest BCUT2D eigenvalue weighted by Crippen LogP contribution is -2.16. The Hall–Kier alpha value is -1.12. The minimum atomic E-state index is -0.902. The standard InChI is InChI=1S/C12H16F2O/c1-7(12(2,3)4)9-5-8(13)6-10(14)11(9)15/h5-7,15H,1-4H3. The maximum absolute atomic E-state index is 13.1. The molecule has 84 valence electrons. The Morgan fingerprint density at radius 3 is 2.20 bits per heavy atom. The fraction of sp³-hybridized carbons (Fsp3) is 0.500. The van der Waals surface area contributed by atoms with Gasteiger partial charge in [-0.15, -0.1) is 0 Å². The lowest BCUT2D eigenvalue weighted by atomic mass is 9.77. The summed E-state index contributed by atoms with van der Waals surface area (Å²) in [5.74, 6) is -2.13. The normalized spacial score (nSPS) is 14.0. The predicted molar refractivity (Wildman–Crippen MR) is 55.9 cm³/mol. The smallest absolute Gasteiger partial charge is 0.168 e. The number of benzene rings is 1. The Morgan fingerprint density at radius 1 is 1.20 bits per heavy atom. The van der Waals surface area contributed by atoms with Gasteiger partial charge in [-0.25, -0.2) is 8.78 Å². The molecular formula is C12H16F2O. The SMILES string of the molecule is CC(c1cc(F)cc(F)c1O)C(C)(C)C. The highest BCUT2D eigenvalue weighted by Crippen LogP contribution is 2.39. The van der Waals surface area contributed by atoms with E-state index in [0.29, 0.717) is 11.6 Å². The molecule has 1 rings (SSSR count). The Labute approximate surface area is 88.7 Å². The summed E-state index contributed by atoms with van der Waals surface area (Å²) in [7, 11) is 0. The van der Waals surface area contributed by atoms with Crippen LogP contribution in [0.2, 0.25) is 0 Å². The molecule has 1 aromatic rings. The number of aromatic hydroxyl groups is 1. The molecule has 1 unspecified atom stereocenters. The van der Waals surface area contributed by atoms with Gasteiger partial charge in [0.1, 0.15) is 5.82 Å². The number of hydrogen-bond acceptors (Lipinski definition) is 1. The van der Waals surface area contributed by atoms with Crippen molar-refractivity contribution in [3.8, 4) is 5.75 Å². The molecule has 0 bridgehead atoms. The first kappa shape index (κ1) is 12.0. The Morgan fingerprint density at radius 2 is 1.73 bits per heavy atom. The molecule has 0 aromatic heterocycles. The van der Waals surface area contributed by atoms with Gasteiger partial charge in [0.2, 0.25) is 0 Å². The maximum atomic E-state index is 13.1. The van der Waals surface area contributed by atoms with Gasteiger partial charge in [0.05, 0.1) is 0 Å². The third-order valence-corrected chi connectivity index (χ3v) is 2.82. The monoisotopic (exact) mass is 214 g/mol. The Kier molecular flexibility index (Phi) is 3.03. The zero-order valence-corrected chi connectivity index (χ0v) is 9.44. The van der Waals surface area contributed by atoms with E-state index in [1.54, 1.807) is 0 Å². The molecule has 1 N–H and O–H groups in total. The van der Waals surface area contributed by atoms with Crippen LogP contribution >= 0.6 is 0 Å². The van der Waals surface area contributed by atoms with Gasteiger partial charge in [-0.2, -0.15) is 0 Å². The van der Waals surface area contributed by atoms with Gasteiger partial charge in [0.25, 0.3) is 0 Å². The van der Waals surface area contributed by atoms with E-state index in [2.05, 4.69) is 0 Å². The first-order chi connectivity index (χ1) is 6.73. The van der Waals surface area contributed by atoms with Crippen molar-refractivity contribution in [2.24, 2.45) is 5.41 Å². The average molecular weight is 214 g/mol. The molecule has 0 spiro atoms. The highest BCUT2D eigenvalue weighted by Gasteiger charge is 2.25. The lowest BCUT2D eigenvalue weighted by Gasteiger charge is -2.28. The molecule has 0 saturated heterocycles. The molecule has 0 aliphatic carbocycles. The lowest BCUT2D eigenvalue weighted by molar-refractivity contribution is 0.323. The molecule has 1 nitrogen and oxygen atoms in total. The van der Waals surface area contributed by atoms with E-state index in [-0.39, 0.29) is 11.3 Å². The zero-order valence-electron chi connectivity index (χ0n) is 9.44. The van der Waals surface area contributed by atoms with Crippen molar-refractivity contribution in [1.29, 1.82) is 0 Å². The van der Waals surface area contributed by atoms with E-state index >= 15 is 0 Å². The van der Waals surface area contributed by atoms with Crippen molar-refractivity contribution in [2.45, 2.75) is 33.6 Å². The van der Waals surface area contributed by atoms with E-state index in [0.717, 1.165) is 0 Å². The Balaban J connectivity index is 3.25. The molecule has 0 fully saturated rings. The van der Waals surface area contributed by atoms with E-state index in [1.807, 2.05) is 27.7 Å². The summed E-state index contributed by atoms with van der Waals surface area (Å²) in [4.78, 5) is 0. The summed E-state index contributed by atoms with van der Waals surface area (Å²) in [6.07, 6.45) is 0. The van der Waals surface area contributed by atoms with Crippen LogP contribution in [0.15, 0.2) is 12.1 Å². The molecule has 1 aromatic carbocycles.